The third-order valence-electron chi connectivity index (χ3n) is 6.33. The van der Waals surface area contributed by atoms with Gasteiger partial charge in [0.1, 0.15) is 17.2 Å². The van der Waals surface area contributed by atoms with E-state index in [0.29, 0.717) is 31.1 Å². The van der Waals surface area contributed by atoms with Crippen LogP contribution in [0, 0.1) is 11.8 Å². The molecule has 5 atom stereocenters. The lowest BCUT2D eigenvalue weighted by molar-refractivity contribution is -0.138. The highest BCUT2D eigenvalue weighted by Gasteiger charge is 2.43. The first-order valence-corrected chi connectivity index (χ1v) is 12.5. The molecule has 2 aromatic carbocycles. The van der Waals surface area contributed by atoms with Crippen molar-refractivity contribution in [2.45, 2.75) is 52.2 Å². The number of carbonyl (C=O) groups excluding carboxylic acids is 1. The van der Waals surface area contributed by atoms with Gasteiger partial charge in [-0.2, -0.15) is 0 Å². The molecule has 0 aromatic heterocycles. The minimum atomic E-state index is -1.21. The van der Waals surface area contributed by atoms with Gasteiger partial charge < -0.3 is 29.7 Å². The number of aliphatic hydroxyl groups is 2. The molecule has 2 aromatic rings. The molecule has 0 radical (unpaired) electrons. The maximum atomic E-state index is 13.4. The Hall–Kier alpha value is -3.03. The molecule has 0 aliphatic carbocycles. The van der Waals surface area contributed by atoms with Gasteiger partial charge in [0.2, 0.25) is 5.91 Å². The van der Waals surface area contributed by atoms with Gasteiger partial charge in [0.15, 0.2) is 0 Å². The van der Waals surface area contributed by atoms with Crippen LogP contribution in [0.25, 0.3) is 0 Å². The number of hydrogen-bond acceptors (Lipinski definition) is 6. The minimum Gasteiger partial charge on any atom is -0.507 e. The number of nitrogens with zero attached hydrogens (tertiary/aromatic N) is 1. The van der Waals surface area contributed by atoms with Gasteiger partial charge in [-0.1, -0.05) is 42.5 Å². The highest BCUT2D eigenvalue weighted by Crippen LogP contribution is 2.48. The number of ether oxygens (including phenoxy) is 2. The zero-order valence-electron chi connectivity index (χ0n) is 22.2. The summed E-state index contributed by atoms with van der Waals surface area (Å²) in [4.78, 5) is 14.8. The van der Waals surface area contributed by atoms with Crippen molar-refractivity contribution in [1.29, 1.82) is 0 Å². The van der Waals surface area contributed by atoms with Gasteiger partial charge in [0.05, 0.1) is 36.9 Å². The number of phenolic OH excluding ortho intramolecular Hbond substituents is 1. The Labute approximate surface area is 215 Å². The Balaban J connectivity index is 2.76. The molecule has 0 spiro atoms. The minimum absolute atomic E-state index is 0.151. The van der Waals surface area contributed by atoms with Crippen molar-refractivity contribution in [3.8, 4) is 17.2 Å². The molecule has 7 nitrogen and oxygen atoms in total. The van der Waals surface area contributed by atoms with E-state index in [1.807, 2.05) is 63.3 Å². The molecule has 3 N–H and O–H groups in total. The molecule has 0 bridgehead atoms. The molecular formula is C29H41NO6. The first-order valence-electron chi connectivity index (χ1n) is 12.5. The predicted molar refractivity (Wildman–Crippen MR) is 141 cm³/mol. The number of carbonyl (C=O) groups is 1. The molecular weight excluding hydrogens is 458 g/mol. The van der Waals surface area contributed by atoms with Crippen molar-refractivity contribution in [1.82, 2.24) is 4.90 Å². The molecule has 36 heavy (non-hydrogen) atoms. The lowest BCUT2D eigenvalue weighted by Crippen LogP contribution is -2.42. The summed E-state index contributed by atoms with van der Waals surface area (Å²) in [6.45, 7) is 7.89. The van der Waals surface area contributed by atoms with Crippen LogP contribution in [0.3, 0.4) is 0 Å². The van der Waals surface area contributed by atoms with Gasteiger partial charge in [-0.15, -0.1) is 0 Å². The molecule has 198 valence electrons. The van der Waals surface area contributed by atoms with Crippen LogP contribution < -0.4 is 9.47 Å². The van der Waals surface area contributed by atoms with Gasteiger partial charge in [0, 0.05) is 38.1 Å². The molecule has 2 rings (SSSR count). The van der Waals surface area contributed by atoms with Crippen LogP contribution in [0.2, 0.25) is 0 Å². The number of rotatable bonds is 13. The fraction of sp³-hybridized carbons (Fsp3) is 0.483. The summed E-state index contributed by atoms with van der Waals surface area (Å²) in [7, 11) is 3.31. The fourth-order valence-electron chi connectivity index (χ4n) is 4.74. The first-order chi connectivity index (χ1) is 17.2. The zero-order chi connectivity index (χ0) is 26.8. The van der Waals surface area contributed by atoms with Crippen LogP contribution in [0.4, 0.5) is 0 Å². The Morgan fingerprint density at radius 1 is 1.06 bits per heavy atom. The van der Waals surface area contributed by atoms with E-state index in [2.05, 4.69) is 0 Å². The van der Waals surface area contributed by atoms with Gasteiger partial charge in [-0.05, 0) is 39.7 Å². The van der Waals surface area contributed by atoms with Crippen molar-refractivity contribution >= 4 is 5.91 Å². The predicted octanol–water partition coefficient (Wildman–Crippen LogP) is 4.67. The third kappa shape index (κ3) is 7.02. The summed E-state index contributed by atoms with van der Waals surface area (Å²) in [5.74, 6) is -1.60. The topological polar surface area (TPSA) is 99.5 Å². The van der Waals surface area contributed by atoms with Crippen molar-refractivity contribution in [3.63, 3.8) is 0 Å². The van der Waals surface area contributed by atoms with E-state index < -0.39 is 30.0 Å². The highest BCUT2D eigenvalue weighted by molar-refractivity contribution is 5.80. The number of phenols is 1. The van der Waals surface area contributed by atoms with Gasteiger partial charge >= 0.3 is 0 Å². The molecule has 0 saturated heterocycles. The zero-order valence-corrected chi connectivity index (χ0v) is 22.2. The van der Waals surface area contributed by atoms with E-state index in [4.69, 9.17) is 9.47 Å². The average Bonchev–Trinajstić information content (AvgIpc) is 2.83. The molecule has 0 saturated carbocycles. The summed E-state index contributed by atoms with van der Waals surface area (Å²) in [6, 6.07) is 12.6. The number of aliphatic hydroxyl groups excluding tert-OH is 2. The summed E-state index contributed by atoms with van der Waals surface area (Å²) < 4.78 is 11.4. The summed E-state index contributed by atoms with van der Waals surface area (Å²) in [5, 5.41) is 33.7. The molecule has 0 aliphatic rings. The Bertz CT molecular complexity index is 989. The van der Waals surface area contributed by atoms with Crippen LogP contribution >= 0.6 is 0 Å². The molecule has 0 fully saturated rings. The summed E-state index contributed by atoms with van der Waals surface area (Å²) >= 11 is 0. The van der Waals surface area contributed by atoms with Crippen molar-refractivity contribution < 1.29 is 29.6 Å². The van der Waals surface area contributed by atoms with Gasteiger partial charge in [-0.3, -0.25) is 4.79 Å². The van der Waals surface area contributed by atoms with Crippen LogP contribution in [0.5, 0.6) is 17.2 Å². The van der Waals surface area contributed by atoms with Crippen molar-refractivity contribution in [2.24, 2.45) is 11.8 Å². The van der Waals surface area contributed by atoms with E-state index in [1.165, 1.54) is 11.0 Å². The molecule has 1 unspecified atom stereocenters. The number of allylic oxidation sites excluding steroid dienone is 2. The van der Waals surface area contributed by atoms with E-state index in [9.17, 15) is 20.1 Å². The maximum Gasteiger partial charge on any atom is 0.228 e. The van der Waals surface area contributed by atoms with Crippen molar-refractivity contribution in [3.05, 3.63) is 65.7 Å². The standard InChI is InChI=1S/C29H41NO6/c1-7-10-16-22(28(33)27-23(32)17-21(35-8-2)18-24(27)36-9-3)26(20-14-12-11-13-15-20)25(19(4)31)29(34)30(5)6/h7,10-15,17-19,22,25-26,28,31-33H,8-9,16H2,1-6H3/b10-7-/t19-,22+,25-,26-,28?/m0/s1. The lowest BCUT2D eigenvalue weighted by atomic mass is 9.69. The molecule has 0 aliphatic heterocycles. The normalized spacial score (nSPS) is 15.7. The van der Waals surface area contributed by atoms with E-state index in [-0.39, 0.29) is 17.2 Å². The van der Waals surface area contributed by atoms with Crippen LogP contribution in [-0.2, 0) is 4.79 Å². The maximum absolute atomic E-state index is 13.4. The average molecular weight is 500 g/mol. The molecule has 1 amide bonds. The first kappa shape index (κ1) is 29.2. The second-order valence-corrected chi connectivity index (χ2v) is 9.07. The lowest BCUT2D eigenvalue weighted by Gasteiger charge is -2.38. The quantitative estimate of drug-likeness (QED) is 0.346. The Kier molecular flexibility index (Phi) is 11.3. The van der Waals surface area contributed by atoms with Crippen LogP contribution in [0.1, 0.15) is 57.3 Å². The highest BCUT2D eigenvalue weighted by atomic mass is 16.5. The number of hydrogen-bond donors (Lipinski definition) is 3. The van der Waals surface area contributed by atoms with Crippen LogP contribution in [0.15, 0.2) is 54.6 Å². The van der Waals surface area contributed by atoms with Crippen molar-refractivity contribution in [2.75, 3.05) is 27.3 Å². The van der Waals surface area contributed by atoms with E-state index in [1.54, 1.807) is 27.1 Å². The summed E-state index contributed by atoms with van der Waals surface area (Å²) in [5.41, 5.74) is 1.05. The van der Waals surface area contributed by atoms with Gasteiger partial charge in [-0.25, -0.2) is 0 Å². The van der Waals surface area contributed by atoms with E-state index >= 15 is 0 Å². The Morgan fingerprint density at radius 3 is 2.22 bits per heavy atom. The number of amides is 1. The summed E-state index contributed by atoms with van der Waals surface area (Å²) in [6.07, 6.45) is 2.02. The fourth-order valence-corrected chi connectivity index (χ4v) is 4.74. The largest absolute Gasteiger partial charge is 0.507 e. The molecule has 7 heteroatoms. The second kappa shape index (κ2) is 13.9. The second-order valence-electron chi connectivity index (χ2n) is 9.07. The monoisotopic (exact) mass is 499 g/mol. The third-order valence-corrected chi connectivity index (χ3v) is 6.33. The number of benzene rings is 2. The Morgan fingerprint density at radius 2 is 1.69 bits per heavy atom. The number of aromatic hydroxyl groups is 1. The van der Waals surface area contributed by atoms with Gasteiger partial charge in [0.25, 0.3) is 0 Å². The smallest absolute Gasteiger partial charge is 0.228 e. The SMILES string of the molecule is C/C=C\C[C@@H](C(O)c1c(O)cc(OCC)cc1OCC)[C@H](c1ccccc1)[C@@H](C(=O)N(C)C)[C@H](C)O. The van der Waals surface area contributed by atoms with Crippen LogP contribution in [-0.4, -0.2) is 59.5 Å². The molecule has 0 heterocycles. The van der Waals surface area contributed by atoms with E-state index in [0.717, 1.165) is 5.56 Å².